The molecule has 0 saturated heterocycles. The molecule has 10 heteroatoms. The molecule has 0 spiro atoms. The van der Waals surface area contributed by atoms with E-state index in [1.54, 1.807) is 0 Å². The molecule has 0 atom stereocenters. The fourth-order valence-electron chi connectivity index (χ4n) is 2.50. The van der Waals surface area contributed by atoms with Crippen molar-refractivity contribution >= 4 is 43.1 Å². The van der Waals surface area contributed by atoms with Crippen LogP contribution in [0.25, 0.3) is 0 Å². The SMILES string of the molecule is CCCCCNC(=O)c1cc(S(=O)(=O)Nc2ccc(S(C)(=O)=O)cc2)ccc1Cl. The van der Waals surface area contributed by atoms with Gasteiger partial charge in [0.2, 0.25) is 0 Å². The highest BCUT2D eigenvalue weighted by molar-refractivity contribution is 7.92. The Balaban J connectivity index is 2.21. The van der Waals surface area contributed by atoms with Crippen molar-refractivity contribution in [2.45, 2.75) is 36.0 Å². The van der Waals surface area contributed by atoms with Gasteiger partial charge >= 0.3 is 0 Å². The second-order valence-electron chi connectivity index (χ2n) is 6.51. The topological polar surface area (TPSA) is 109 Å². The fraction of sp³-hybridized carbons (Fsp3) is 0.316. The average Bonchev–Trinajstić information content (AvgIpc) is 2.64. The highest BCUT2D eigenvalue weighted by atomic mass is 35.5. The number of amides is 1. The third-order valence-corrected chi connectivity index (χ3v) is 6.93. The zero-order valence-electron chi connectivity index (χ0n) is 16.1. The number of anilines is 1. The minimum atomic E-state index is -4.00. The summed E-state index contributed by atoms with van der Waals surface area (Å²) in [4.78, 5) is 12.3. The molecule has 0 aliphatic rings. The zero-order chi connectivity index (χ0) is 21.7. The first kappa shape index (κ1) is 23.2. The summed E-state index contributed by atoms with van der Waals surface area (Å²) in [6.07, 6.45) is 3.88. The molecule has 2 rings (SSSR count). The van der Waals surface area contributed by atoms with Crippen molar-refractivity contribution in [2.75, 3.05) is 17.5 Å². The van der Waals surface area contributed by atoms with Crippen LogP contribution in [0.3, 0.4) is 0 Å². The monoisotopic (exact) mass is 458 g/mol. The number of nitrogens with one attached hydrogen (secondary N) is 2. The van der Waals surface area contributed by atoms with E-state index in [2.05, 4.69) is 17.0 Å². The Morgan fingerprint density at radius 1 is 0.966 bits per heavy atom. The van der Waals surface area contributed by atoms with Crippen LogP contribution >= 0.6 is 11.6 Å². The fourth-order valence-corrected chi connectivity index (χ4v) is 4.42. The molecule has 0 heterocycles. The van der Waals surface area contributed by atoms with Crippen LogP contribution < -0.4 is 10.0 Å². The van der Waals surface area contributed by atoms with E-state index in [1.165, 1.54) is 42.5 Å². The van der Waals surface area contributed by atoms with Crippen molar-refractivity contribution < 1.29 is 21.6 Å². The molecule has 0 aliphatic heterocycles. The van der Waals surface area contributed by atoms with E-state index >= 15 is 0 Å². The van der Waals surface area contributed by atoms with Gasteiger partial charge in [0.25, 0.3) is 15.9 Å². The van der Waals surface area contributed by atoms with Crippen molar-refractivity contribution in [3.63, 3.8) is 0 Å². The molecule has 0 radical (unpaired) electrons. The largest absolute Gasteiger partial charge is 0.352 e. The van der Waals surface area contributed by atoms with Gasteiger partial charge in [-0.3, -0.25) is 9.52 Å². The van der Waals surface area contributed by atoms with Gasteiger partial charge in [-0.2, -0.15) is 0 Å². The molecule has 0 fully saturated rings. The van der Waals surface area contributed by atoms with Crippen LogP contribution in [0, 0.1) is 0 Å². The number of rotatable bonds is 9. The standard InChI is InChI=1S/C19H23ClN2O5S2/c1-3-4-5-12-21-19(23)17-13-16(10-11-18(17)20)29(26,27)22-14-6-8-15(9-7-14)28(2,24)25/h6-11,13,22H,3-5,12H2,1-2H3,(H,21,23). The van der Waals surface area contributed by atoms with E-state index in [0.29, 0.717) is 6.54 Å². The Morgan fingerprint density at radius 2 is 1.59 bits per heavy atom. The van der Waals surface area contributed by atoms with Crippen LogP contribution in [0.1, 0.15) is 36.5 Å². The van der Waals surface area contributed by atoms with E-state index in [1.807, 2.05) is 0 Å². The number of carbonyl (C=O) groups is 1. The molecule has 0 aliphatic carbocycles. The molecule has 158 valence electrons. The first-order valence-electron chi connectivity index (χ1n) is 8.95. The minimum Gasteiger partial charge on any atom is -0.352 e. The third-order valence-electron chi connectivity index (χ3n) is 4.09. The second-order valence-corrected chi connectivity index (χ2v) is 10.6. The number of hydrogen-bond acceptors (Lipinski definition) is 5. The van der Waals surface area contributed by atoms with Crippen molar-refractivity contribution in [3.05, 3.63) is 53.1 Å². The van der Waals surface area contributed by atoms with Crippen molar-refractivity contribution in [1.29, 1.82) is 0 Å². The van der Waals surface area contributed by atoms with Crippen molar-refractivity contribution in [2.24, 2.45) is 0 Å². The van der Waals surface area contributed by atoms with Crippen LogP contribution in [-0.4, -0.2) is 35.5 Å². The molecular weight excluding hydrogens is 436 g/mol. The average molecular weight is 459 g/mol. The van der Waals surface area contributed by atoms with Crippen molar-refractivity contribution in [1.82, 2.24) is 5.32 Å². The second kappa shape index (κ2) is 9.60. The molecule has 2 aromatic carbocycles. The summed E-state index contributed by atoms with van der Waals surface area (Å²) < 4.78 is 50.7. The van der Waals surface area contributed by atoms with Gasteiger partial charge in [0.1, 0.15) is 0 Å². The molecule has 0 unspecified atom stereocenters. The van der Waals surface area contributed by atoms with Gasteiger partial charge in [0, 0.05) is 18.5 Å². The number of carbonyl (C=O) groups excluding carboxylic acids is 1. The van der Waals surface area contributed by atoms with Gasteiger partial charge in [0.15, 0.2) is 9.84 Å². The van der Waals surface area contributed by atoms with E-state index in [9.17, 15) is 21.6 Å². The molecule has 2 N–H and O–H groups in total. The highest BCUT2D eigenvalue weighted by Crippen LogP contribution is 2.23. The van der Waals surface area contributed by atoms with Crippen LogP contribution in [0.4, 0.5) is 5.69 Å². The predicted octanol–water partition coefficient (Wildman–Crippen LogP) is 3.46. The normalized spacial score (nSPS) is 11.8. The lowest BCUT2D eigenvalue weighted by molar-refractivity contribution is 0.0953. The Morgan fingerprint density at radius 3 is 2.17 bits per heavy atom. The molecule has 1 amide bonds. The Kier molecular flexibility index (Phi) is 7.67. The Labute approximate surface area is 176 Å². The van der Waals surface area contributed by atoms with Gasteiger partial charge in [-0.15, -0.1) is 0 Å². The molecule has 7 nitrogen and oxygen atoms in total. The van der Waals surface area contributed by atoms with Gasteiger partial charge in [0.05, 0.1) is 20.4 Å². The third kappa shape index (κ3) is 6.45. The summed E-state index contributed by atoms with van der Waals surface area (Å²) in [6, 6.07) is 9.18. The molecule has 2 aromatic rings. The predicted molar refractivity (Wildman–Crippen MR) is 114 cm³/mol. The van der Waals surface area contributed by atoms with Gasteiger partial charge < -0.3 is 5.32 Å². The maximum absolute atomic E-state index is 12.7. The summed E-state index contributed by atoms with van der Waals surface area (Å²) in [5, 5.41) is 2.88. The lowest BCUT2D eigenvalue weighted by Crippen LogP contribution is -2.25. The van der Waals surface area contributed by atoms with E-state index in [4.69, 9.17) is 11.6 Å². The van der Waals surface area contributed by atoms with Crippen LogP contribution in [0.15, 0.2) is 52.3 Å². The molecular formula is C19H23ClN2O5S2. The lowest BCUT2D eigenvalue weighted by Gasteiger charge is -2.11. The first-order valence-corrected chi connectivity index (χ1v) is 12.7. The van der Waals surface area contributed by atoms with Gasteiger partial charge in [-0.25, -0.2) is 16.8 Å². The smallest absolute Gasteiger partial charge is 0.261 e. The van der Waals surface area contributed by atoms with Crippen LogP contribution in [0.5, 0.6) is 0 Å². The van der Waals surface area contributed by atoms with Crippen LogP contribution in [0.2, 0.25) is 5.02 Å². The Hall–Kier alpha value is -2.10. The summed E-state index contributed by atoms with van der Waals surface area (Å²) in [5.74, 6) is -0.444. The summed E-state index contributed by atoms with van der Waals surface area (Å²) in [7, 11) is -7.38. The van der Waals surface area contributed by atoms with Crippen LogP contribution in [-0.2, 0) is 19.9 Å². The molecule has 0 bridgehead atoms. The maximum Gasteiger partial charge on any atom is 0.261 e. The minimum absolute atomic E-state index is 0.0680. The number of sulfone groups is 1. The number of halogens is 1. The van der Waals surface area contributed by atoms with E-state index < -0.39 is 25.8 Å². The number of unbranched alkanes of at least 4 members (excludes halogenated alkanes) is 2. The molecule has 0 aromatic heterocycles. The Bertz CT molecular complexity index is 1080. The lowest BCUT2D eigenvalue weighted by atomic mass is 10.2. The number of benzene rings is 2. The number of hydrogen-bond donors (Lipinski definition) is 2. The molecule has 0 saturated carbocycles. The van der Waals surface area contributed by atoms with Gasteiger partial charge in [-0.05, 0) is 48.9 Å². The summed E-state index contributed by atoms with van der Waals surface area (Å²) in [6.45, 7) is 2.53. The first-order chi connectivity index (χ1) is 13.5. The summed E-state index contributed by atoms with van der Waals surface area (Å²) in [5.41, 5.74) is 0.261. The maximum atomic E-state index is 12.7. The van der Waals surface area contributed by atoms with E-state index in [-0.39, 0.29) is 26.1 Å². The zero-order valence-corrected chi connectivity index (χ0v) is 18.5. The molecule has 29 heavy (non-hydrogen) atoms. The quantitative estimate of drug-likeness (QED) is 0.559. The number of sulfonamides is 1. The summed E-state index contributed by atoms with van der Waals surface area (Å²) >= 11 is 6.07. The van der Waals surface area contributed by atoms with E-state index in [0.717, 1.165) is 25.5 Å². The van der Waals surface area contributed by atoms with Gasteiger partial charge in [-0.1, -0.05) is 31.4 Å². The van der Waals surface area contributed by atoms with Crippen molar-refractivity contribution in [3.8, 4) is 0 Å². The highest BCUT2D eigenvalue weighted by Gasteiger charge is 2.19.